The largest absolute Gasteiger partial charge is 0.697 e. The van der Waals surface area contributed by atoms with Gasteiger partial charge < -0.3 is 19.3 Å². The number of carbonyl (C=O) groups is 1. The normalized spacial score (nSPS) is 25.2. The highest BCUT2D eigenvalue weighted by atomic mass is 31.1. The lowest BCUT2D eigenvalue weighted by atomic mass is 10.1. The molecule has 2 fully saturated rings. The molecule has 0 spiro atoms. The number of H-pyrrole nitrogens is 2. The number of ether oxygens (including phenoxy) is 3. The summed E-state index contributed by atoms with van der Waals surface area (Å²) in [4.78, 5) is 65.5. The summed E-state index contributed by atoms with van der Waals surface area (Å²) >= 11 is 0. The summed E-state index contributed by atoms with van der Waals surface area (Å²) in [7, 11) is -2.84. The lowest BCUT2D eigenvalue weighted by molar-refractivity contribution is -0.0538. The van der Waals surface area contributed by atoms with Gasteiger partial charge in [-0.15, -0.1) is 9.05 Å². The van der Waals surface area contributed by atoms with E-state index in [0.717, 1.165) is 4.57 Å². The molecule has 4 heterocycles. The number of aromatic amines is 2. The van der Waals surface area contributed by atoms with Gasteiger partial charge in [0.25, 0.3) is 11.1 Å². The van der Waals surface area contributed by atoms with E-state index in [-0.39, 0.29) is 36.1 Å². The van der Waals surface area contributed by atoms with Crippen LogP contribution in [-0.2, 0) is 27.8 Å². The van der Waals surface area contributed by atoms with E-state index in [1.807, 2.05) is 0 Å². The quantitative estimate of drug-likeness (QED) is 0.207. The van der Waals surface area contributed by atoms with Crippen LogP contribution >= 0.6 is 8.25 Å². The van der Waals surface area contributed by atoms with Crippen molar-refractivity contribution in [3.05, 3.63) is 101 Å². The van der Waals surface area contributed by atoms with E-state index in [1.165, 1.54) is 30.8 Å². The van der Waals surface area contributed by atoms with Gasteiger partial charge in [-0.3, -0.25) is 28.7 Å². The Bertz CT molecular complexity index is 1770. The molecule has 7 atom stereocenters. The number of aliphatic hydroxyl groups excluding tert-OH is 1. The predicted molar refractivity (Wildman–Crippen MR) is 150 cm³/mol. The third-order valence-electron chi connectivity index (χ3n) is 7.29. The molecule has 0 amide bonds. The molecule has 5 rings (SSSR count). The van der Waals surface area contributed by atoms with Crippen molar-refractivity contribution in [1.82, 2.24) is 19.1 Å². The molecule has 0 bridgehead atoms. The Morgan fingerprint density at radius 1 is 0.909 bits per heavy atom. The minimum Gasteiger partial charge on any atom is -0.456 e. The fourth-order valence-electron chi connectivity index (χ4n) is 4.95. The number of aryl methyl sites for hydroxylation is 2. The Labute approximate surface area is 249 Å². The number of carbonyl (C=O) groups excluding carboxylic acids is 1. The summed E-state index contributed by atoms with van der Waals surface area (Å²) in [5.41, 5.74) is -1.73. The molecule has 2 aliphatic rings. The zero-order valence-corrected chi connectivity index (χ0v) is 24.5. The number of nitrogens with zero attached hydrogens (tertiary/aromatic N) is 2. The molecule has 2 aliphatic heterocycles. The molecular formula is C27H30N4O12P+. The van der Waals surface area contributed by atoms with Crippen LogP contribution in [-0.4, -0.2) is 67.8 Å². The number of nitrogens with one attached hydrogen (secondary N) is 2. The van der Waals surface area contributed by atoms with Crippen LogP contribution in [0.5, 0.6) is 0 Å². The van der Waals surface area contributed by atoms with E-state index < -0.39 is 80.2 Å². The number of benzene rings is 1. The van der Waals surface area contributed by atoms with E-state index in [4.69, 9.17) is 23.3 Å². The van der Waals surface area contributed by atoms with Crippen LogP contribution in [0, 0.1) is 13.8 Å². The van der Waals surface area contributed by atoms with E-state index >= 15 is 0 Å². The van der Waals surface area contributed by atoms with E-state index in [0.29, 0.717) is 0 Å². The molecule has 1 unspecified atom stereocenters. The lowest BCUT2D eigenvalue weighted by Gasteiger charge is -2.16. The van der Waals surface area contributed by atoms with Gasteiger partial charge in [0.15, 0.2) is 0 Å². The van der Waals surface area contributed by atoms with Crippen molar-refractivity contribution >= 4 is 14.2 Å². The first-order chi connectivity index (χ1) is 21.0. The second-order valence-electron chi connectivity index (χ2n) is 10.3. The maximum Gasteiger partial charge on any atom is 0.697 e. The molecule has 0 saturated carbocycles. The summed E-state index contributed by atoms with van der Waals surface area (Å²) in [5.74, 6) is -0.650. The first-order valence-corrected chi connectivity index (χ1v) is 14.7. The molecule has 1 aromatic carbocycles. The van der Waals surface area contributed by atoms with Crippen LogP contribution in [0.3, 0.4) is 0 Å². The highest BCUT2D eigenvalue weighted by molar-refractivity contribution is 7.33. The second-order valence-corrected chi connectivity index (χ2v) is 11.3. The zero-order chi connectivity index (χ0) is 31.5. The topological polar surface area (TPSA) is 210 Å². The molecule has 44 heavy (non-hydrogen) atoms. The summed E-state index contributed by atoms with van der Waals surface area (Å²) in [5, 5.41) is 9.79. The summed E-state index contributed by atoms with van der Waals surface area (Å²) in [6.45, 7) is 2.14. The number of hydrogen-bond donors (Lipinski definition) is 3. The van der Waals surface area contributed by atoms with Crippen molar-refractivity contribution in [1.29, 1.82) is 0 Å². The highest BCUT2D eigenvalue weighted by Crippen LogP contribution is 2.38. The number of esters is 1. The molecule has 17 heteroatoms. The summed E-state index contributed by atoms with van der Waals surface area (Å²) < 4.78 is 43.5. The zero-order valence-electron chi connectivity index (χ0n) is 23.6. The van der Waals surface area contributed by atoms with Gasteiger partial charge in [-0.1, -0.05) is 18.2 Å². The van der Waals surface area contributed by atoms with Gasteiger partial charge >= 0.3 is 25.6 Å². The number of aliphatic hydroxyl groups is 1. The van der Waals surface area contributed by atoms with Gasteiger partial charge in [0, 0.05) is 40.9 Å². The van der Waals surface area contributed by atoms with Crippen LogP contribution in [0.1, 0.15) is 46.8 Å². The van der Waals surface area contributed by atoms with E-state index in [9.17, 15) is 33.6 Å². The molecule has 234 valence electrons. The summed E-state index contributed by atoms with van der Waals surface area (Å²) in [6, 6.07) is 8.21. The Morgan fingerprint density at radius 2 is 1.45 bits per heavy atom. The molecule has 0 aliphatic carbocycles. The third kappa shape index (κ3) is 6.85. The van der Waals surface area contributed by atoms with Crippen molar-refractivity contribution in [2.45, 2.75) is 63.6 Å². The van der Waals surface area contributed by atoms with Crippen LogP contribution in [0.2, 0.25) is 0 Å². The second kappa shape index (κ2) is 13.3. The van der Waals surface area contributed by atoms with Gasteiger partial charge in [0.05, 0.1) is 12.2 Å². The maximum atomic E-state index is 12.9. The standard InChI is InChI=1S/C27H29N4O12P/c1-14-10-30(26(36)28-23(14)33)21-8-17(42-25(35)16-6-4-3-5-7-16)20(41-21)13-39-44(38)43-18-9-22(40-19(18)12-32)31-11-15(2)24(34)29-27(31)37/h3-7,10-11,17-22,32H,8-9,12-13H2,1-2H3,(H-,28,29,33,34,36,37)/p+1/t17-,18-,19+,20+,21+,22+/m0/s1. The highest BCUT2D eigenvalue weighted by Gasteiger charge is 2.45. The minimum atomic E-state index is -2.84. The van der Waals surface area contributed by atoms with Crippen LogP contribution in [0.25, 0.3) is 0 Å². The Morgan fingerprint density at radius 3 is 2.02 bits per heavy atom. The lowest BCUT2D eigenvalue weighted by Crippen LogP contribution is -2.33. The monoisotopic (exact) mass is 633 g/mol. The third-order valence-corrected chi connectivity index (χ3v) is 8.09. The average Bonchev–Trinajstić information content (AvgIpc) is 3.59. The first kappa shape index (κ1) is 31.4. The van der Waals surface area contributed by atoms with Crippen LogP contribution in [0.4, 0.5) is 0 Å². The van der Waals surface area contributed by atoms with Crippen molar-refractivity contribution in [3.63, 3.8) is 0 Å². The molecular weight excluding hydrogens is 603 g/mol. The maximum absolute atomic E-state index is 12.9. The molecule has 16 nitrogen and oxygen atoms in total. The van der Waals surface area contributed by atoms with Gasteiger partial charge in [-0.05, 0) is 26.0 Å². The molecule has 2 aromatic heterocycles. The molecule has 2 saturated heterocycles. The fourth-order valence-corrected chi connectivity index (χ4v) is 5.72. The first-order valence-electron chi connectivity index (χ1n) is 13.6. The van der Waals surface area contributed by atoms with Gasteiger partial charge in [-0.25, -0.2) is 14.4 Å². The van der Waals surface area contributed by atoms with Crippen LogP contribution < -0.4 is 22.5 Å². The SMILES string of the molecule is Cc1cn([C@H]2C[C@H](OC(=O)c3ccccc3)[C@@H](CO[P+](=O)O[C@H]3C[C@H](n4cc(C)c(=O)[nH]c4=O)O[C@@H]3CO)O2)c(=O)[nH]c1=O. The Balaban J connectivity index is 1.27. The van der Waals surface area contributed by atoms with Crippen molar-refractivity contribution in [3.8, 4) is 0 Å². The Kier molecular flexibility index (Phi) is 9.48. The molecule has 3 N–H and O–H groups in total. The molecule has 3 aromatic rings. The van der Waals surface area contributed by atoms with Crippen molar-refractivity contribution in [2.24, 2.45) is 0 Å². The summed E-state index contributed by atoms with van der Waals surface area (Å²) in [6.07, 6.45) is -3.00. The van der Waals surface area contributed by atoms with E-state index in [2.05, 4.69) is 9.97 Å². The average molecular weight is 634 g/mol. The van der Waals surface area contributed by atoms with Gasteiger partial charge in [-0.2, -0.15) is 0 Å². The van der Waals surface area contributed by atoms with Crippen LogP contribution in [0.15, 0.2) is 61.9 Å². The minimum absolute atomic E-state index is 0.00877. The fraction of sp³-hybridized carbons (Fsp3) is 0.444. The van der Waals surface area contributed by atoms with Gasteiger partial charge in [0.1, 0.15) is 43.5 Å². The van der Waals surface area contributed by atoms with E-state index in [1.54, 1.807) is 30.3 Å². The number of hydrogen-bond acceptors (Lipinski definition) is 12. The van der Waals surface area contributed by atoms with Crippen molar-refractivity contribution in [2.75, 3.05) is 13.2 Å². The smallest absolute Gasteiger partial charge is 0.456 e. The number of aromatic nitrogens is 4. The predicted octanol–water partition coefficient (Wildman–Crippen LogP) is 0.556. The van der Waals surface area contributed by atoms with Gasteiger partial charge in [0.2, 0.25) is 0 Å². The Hall–Kier alpha value is -4.05. The van der Waals surface area contributed by atoms with Crippen molar-refractivity contribution < 1.29 is 37.7 Å². The molecule has 0 radical (unpaired) electrons. The number of rotatable bonds is 10.